The van der Waals surface area contributed by atoms with Crippen molar-refractivity contribution in [1.29, 1.82) is 0 Å². The maximum Gasteiger partial charge on any atom is 0.305 e. The number of nitrogens with one attached hydrogen (secondary N) is 1. The summed E-state index contributed by atoms with van der Waals surface area (Å²) in [6.07, 6.45) is 38.5. The van der Waals surface area contributed by atoms with Crippen LogP contribution in [0.4, 0.5) is 0 Å². The molecule has 0 aromatic rings. The fraction of sp³-hybridized carbons (Fsp3) is 0.838. The number of unbranched alkanes of at least 4 members (excludes halogenated alkanes) is 20. The number of aliphatic hydroxyl groups is 1. The molecule has 0 spiro atoms. The van der Waals surface area contributed by atoms with Crippen molar-refractivity contribution in [2.75, 3.05) is 13.2 Å². The molecule has 0 rings (SSSR count). The highest BCUT2D eigenvalue weighted by Gasteiger charge is 2.10. The molecule has 0 aromatic carbocycles. The Morgan fingerprint density at radius 3 is 1.57 bits per heavy atom. The van der Waals surface area contributed by atoms with Gasteiger partial charge in [0.2, 0.25) is 5.91 Å². The van der Waals surface area contributed by atoms with E-state index < -0.39 is 6.10 Å². The summed E-state index contributed by atoms with van der Waals surface area (Å²) in [6.45, 7) is 4.57. The van der Waals surface area contributed by atoms with E-state index in [9.17, 15) is 14.7 Å². The molecule has 0 saturated carbocycles. The second-order valence-electron chi connectivity index (χ2n) is 12.1. The third-order valence-corrected chi connectivity index (χ3v) is 7.81. The average molecular weight is 592 g/mol. The molecular weight excluding hydrogens is 522 g/mol. The lowest BCUT2D eigenvalue weighted by molar-refractivity contribution is -0.146. The van der Waals surface area contributed by atoms with Crippen LogP contribution < -0.4 is 5.32 Å². The van der Waals surface area contributed by atoms with Crippen molar-refractivity contribution in [1.82, 2.24) is 5.32 Å². The molecule has 42 heavy (non-hydrogen) atoms. The molecule has 2 N–H and O–H groups in total. The number of esters is 1. The van der Waals surface area contributed by atoms with E-state index in [4.69, 9.17) is 4.74 Å². The zero-order chi connectivity index (χ0) is 30.8. The first kappa shape index (κ1) is 40.4. The Morgan fingerprint density at radius 2 is 1.02 bits per heavy atom. The van der Waals surface area contributed by atoms with Gasteiger partial charge in [0, 0.05) is 19.4 Å². The normalized spacial score (nSPS) is 12.4. The molecule has 5 heteroatoms. The van der Waals surface area contributed by atoms with Gasteiger partial charge in [-0.25, -0.2) is 0 Å². The van der Waals surface area contributed by atoms with E-state index >= 15 is 0 Å². The molecule has 0 aliphatic heterocycles. The monoisotopic (exact) mass is 592 g/mol. The van der Waals surface area contributed by atoms with Crippen molar-refractivity contribution in [2.24, 2.45) is 0 Å². The molecule has 0 bridgehead atoms. The molecular formula is C37H69NO4. The number of aliphatic hydroxyl groups excluding tert-OH is 1. The minimum atomic E-state index is -0.853. The molecule has 1 amide bonds. The quantitative estimate of drug-likeness (QED) is 0.0463. The molecule has 0 heterocycles. The summed E-state index contributed by atoms with van der Waals surface area (Å²) >= 11 is 0. The van der Waals surface area contributed by atoms with Gasteiger partial charge >= 0.3 is 5.97 Å². The molecule has 246 valence electrons. The van der Waals surface area contributed by atoms with Crippen LogP contribution in [0.2, 0.25) is 0 Å². The molecule has 0 saturated heterocycles. The van der Waals surface area contributed by atoms with Crippen LogP contribution in [0, 0.1) is 0 Å². The van der Waals surface area contributed by atoms with Gasteiger partial charge in [0.25, 0.3) is 0 Å². The summed E-state index contributed by atoms with van der Waals surface area (Å²) in [5.74, 6) is -0.299. The number of amides is 1. The topological polar surface area (TPSA) is 75.6 Å². The van der Waals surface area contributed by atoms with Gasteiger partial charge in [-0.2, -0.15) is 0 Å². The van der Waals surface area contributed by atoms with Gasteiger partial charge in [0.1, 0.15) is 12.7 Å². The van der Waals surface area contributed by atoms with Gasteiger partial charge in [-0.05, 0) is 44.9 Å². The Kier molecular flexibility index (Phi) is 32.6. The summed E-state index contributed by atoms with van der Waals surface area (Å²) in [6, 6.07) is 0. The lowest BCUT2D eigenvalue weighted by atomic mass is 10.0. The zero-order valence-corrected chi connectivity index (χ0v) is 27.9. The molecule has 1 atom stereocenters. The van der Waals surface area contributed by atoms with Crippen molar-refractivity contribution in [2.45, 2.75) is 187 Å². The van der Waals surface area contributed by atoms with E-state index in [0.717, 1.165) is 44.9 Å². The predicted octanol–water partition coefficient (Wildman–Crippen LogP) is 10.3. The molecule has 0 fully saturated rings. The van der Waals surface area contributed by atoms with E-state index in [0.29, 0.717) is 12.8 Å². The average Bonchev–Trinajstić information content (AvgIpc) is 2.99. The molecule has 0 aliphatic carbocycles. The molecule has 1 unspecified atom stereocenters. The van der Waals surface area contributed by atoms with E-state index in [2.05, 4.69) is 43.5 Å². The number of carbonyl (C=O) groups excluding carboxylic acids is 2. The molecule has 5 nitrogen and oxygen atoms in total. The lowest BCUT2D eigenvalue weighted by Gasteiger charge is -2.12. The second kappa shape index (κ2) is 33.9. The highest BCUT2D eigenvalue weighted by molar-refractivity contribution is 5.75. The number of rotatable bonds is 32. The smallest absolute Gasteiger partial charge is 0.305 e. The summed E-state index contributed by atoms with van der Waals surface area (Å²) in [5.41, 5.74) is 0. The van der Waals surface area contributed by atoms with Crippen LogP contribution in [0.3, 0.4) is 0 Å². The summed E-state index contributed by atoms with van der Waals surface area (Å²) in [4.78, 5) is 24.0. The second-order valence-corrected chi connectivity index (χ2v) is 12.1. The minimum absolute atomic E-state index is 0.0435. The van der Waals surface area contributed by atoms with Gasteiger partial charge in [-0.15, -0.1) is 0 Å². The Bertz CT molecular complexity index is 646. The maximum absolute atomic E-state index is 12.0. The van der Waals surface area contributed by atoms with Crippen LogP contribution >= 0.6 is 0 Å². The third kappa shape index (κ3) is 32.9. The first-order valence-corrected chi connectivity index (χ1v) is 18.0. The van der Waals surface area contributed by atoms with Crippen molar-refractivity contribution in [3.63, 3.8) is 0 Å². The fourth-order valence-corrected chi connectivity index (χ4v) is 5.02. The van der Waals surface area contributed by atoms with Crippen LogP contribution in [0.5, 0.6) is 0 Å². The lowest BCUT2D eigenvalue weighted by Crippen LogP contribution is -2.35. The largest absolute Gasteiger partial charge is 0.463 e. The Hall–Kier alpha value is -1.62. The molecule has 0 radical (unpaired) electrons. The van der Waals surface area contributed by atoms with Gasteiger partial charge in [-0.3, -0.25) is 9.59 Å². The Balaban J connectivity index is 3.45. The van der Waals surface area contributed by atoms with Crippen molar-refractivity contribution in [3.05, 3.63) is 24.3 Å². The maximum atomic E-state index is 12.0. The van der Waals surface area contributed by atoms with Gasteiger partial charge < -0.3 is 15.2 Å². The summed E-state index contributed by atoms with van der Waals surface area (Å²) in [7, 11) is 0. The number of allylic oxidation sites excluding steroid dienone is 4. The molecule has 0 aliphatic rings. The minimum Gasteiger partial charge on any atom is -0.463 e. The predicted molar refractivity (Wildman–Crippen MR) is 180 cm³/mol. The Labute approximate surface area is 260 Å². The first-order chi connectivity index (χ1) is 20.6. The zero-order valence-electron chi connectivity index (χ0n) is 27.9. The molecule has 0 aromatic heterocycles. The van der Waals surface area contributed by atoms with E-state index in [1.807, 2.05) is 0 Å². The number of carbonyl (C=O) groups is 2. The summed E-state index contributed by atoms with van der Waals surface area (Å²) < 4.78 is 5.19. The third-order valence-electron chi connectivity index (χ3n) is 7.81. The first-order valence-electron chi connectivity index (χ1n) is 18.0. The van der Waals surface area contributed by atoms with E-state index in [1.165, 1.54) is 109 Å². The summed E-state index contributed by atoms with van der Waals surface area (Å²) in [5, 5.41) is 12.8. The van der Waals surface area contributed by atoms with Gasteiger partial charge in [0.05, 0.1) is 0 Å². The van der Waals surface area contributed by atoms with Crippen LogP contribution in [-0.4, -0.2) is 36.2 Å². The van der Waals surface area contributed by atoms with Gasteiger partial charge in [0.15, 0.2) is 0 Å². The number of hydrogen-bond donors (Lipinski definition) is 2. The van der Waals surface area contributed by atoms with Gasteiger partial charge in [-0.1, -0.05) is 147 Å². The van der Waals surface area contributed by atoms with Crippen molar-refractivity contribution < 1.29 is 19.4 Å². The van der Waals surface area contributed by atoms with E-state index in [1.54, 1.807) is 0 Å². The standard InChI is InChI=1S/C37H69NO4/c1-3-5-7-9-11-13-15-17-18-20-21-23-25-27-29-31-36(40)38-33-35(39)34-42-37(41)32-30-28-26-24-22-19-16-14-12-10-8-6-4-2/h11,13,17-18,35,39H,3-10,12,14-16,19-34H2,1-2H3,(H,38,40)/b13-11+,18-17+. The highest BCUT2D eigenvalue weighted by atomic mass is 16.5. The van der Waals surface area contributed by atoms with Crippen LogP contribution in [0.15, 0.2) is 24.3 Å². The highest BCUT2D eigenvalue weighted by Crippen LogP contribution is 2.13. The van der Waals surface area contributed by atoms with Crippen molar-refractivity contribution in [3.8, 4) is 0 Å². The SMILES string of the molecule is CCCCC/C=C/C/C=C/CCCCCCCC(=O)NCC(O)COC(=O)CCCCCCCCCCCCCCC. The van der Waals surface area contributed by atoms with Crippen LogP contribution in [0.25, 0.3) is 0 Å². The number of hydrogen-bond acceptors (Lipinski definition) is 4. The van der Waals surface area contributed by atoms with Crippen molar-refractivity contribution >= 4 is 11.9 Å². The van der Waals surface area contributed by atoms with Crippen LogP contribution in [-0.2, 0) is 14.3 Å². The number of ether oxygens (including phenoxy) is 1. The van der Waals surface area contributed by atoms with E-state index in [-0.39, 0.29) is 25.0 Å². The fourth-order valence-electron chi connectivity index (χ4n) is 5.02. The van der Waals surface area contributed by atoms with Crippen LogP contribution in [0.1, 0.15) is 181 Å². The Morgan fingerprint density at radius 1 is 0.595 bits per heavy atom.